The SMILES string of the molecule is CN1CC(CC(C)(C)C(=O)O)c2cc(F)ccc21. The minimum absolute atomic E-state index is 0.0757. The highest BCUT2D eigenvalue weighted by atomic mass is 19.1. The number of hydrogen-bond acceptors (Lipinski definition) is 2. The molecule has 0 aliphatic carbocycles. The summed E-state index contributed by atoms with van der Waals surface area (Å²) in [7, 11) is 1.95. The first-order chi connectivity index (χ1) is 8.31. The van der Waals surface area contributed by atoms with E-state index in [-0.39, 0.29) is 11.7 Å². The van der Waals surface area contributed by atoms with Crippen LogP contribution >= 0.6 is 0 Å². The number of nitrogens with zero attached hydrogens (tertiary/aromatic N) is 1. The Kier molecular flexibility index (Phi) is 3.05. The lowest BCUT2D eigenvalue weighted by atomic mass is 9.81. The largest absolute Gasteiger partial charge is 0.481 e. The van der Waals surface area contributed by atoms with Gasteiger partial charge in [0.1, 0.15) is 5.82 Å². The topological polar surface area (TPSA) is 40.5 Å². The third kappa shape index (κ3) is 2.19. The average Bonchev–Trinajstić information content (AvgIpc) is 2.54. The van der Waals surface area contributed by atoms with E-state index in [1.54, 1.807) is 19.9 Å². The second-order valence-corrected chi connectivity index (χ2v) is 5.67. The maximum Gasteiger partial charge on any atom is 0.309 e. The van der Waals surface area contributed by atoms with E-state index in [2.05, 4.69) is 4.90 Å². The van der Waals surface area contributed by atoms with Crippen molar-refractivity contribution in [2.75, 3.05) is 18.5 Å². The monoisotopic (exact) mass is 251 g/mol. The molecule has 0 fully saturated rings. The highest BCUT2D eigenvalue weighted by molar-refractivity contribution is 5.74. The Bertz CT molecular complexity index is 485. The van der Waals surface area contributed by atoms with E-state index in [1.807, 2.05) is 7.05 Å². The molecule has 1 N–H and O–H groups in total. The smallest absolute Gasteiger partial charge is 0.309 e. The first kappa shape index (κ1) is 12.9. The Balaban J connectivity index is 2.29. The lowest BCUT2D eigenvalue weighted by Gasteiger charge is -2.23. The van der Waals surface area contributed by atoms with Crippen LogP contribution in [0.5, 0.6) is 0 Å². The van der Waals surface area contributed by atoms with Gasteiger partial charge >= 0.3 is 5.97 Å². The number of anilines is 1. The maximum absolute atomic E-state index is 13.3. The van der Waals surface area contributed by atoms with Gasteiger partial charge in [-0.05, 0) is 44.0 Å². The van der Waals surface area contributed by atoms with Gasteiger partial charge in [0.25, 0.3) is 0 Å². The zero-order valence-electron chi connectivity index (χ0n) is 10.9. The minimum atomic E-state index is -0.810. The van der Waals surface area contributed by atoms with Gasteiger partial charge in [0, 0.05) is 25.2 Å². The quantitative estimate of drug-likeness (QED) is 0.898. The highest BCUT2D eigenvalue weighted by Crippen LogP contribution is 2.41. The number of carboxylic acids is 1. The van der Waals surface area contributed by atoms with E-state index >= 15 is 0 Å². The van der Waals surface area contributed by atoms with Gasteiger partial charge in [-0.2, -0.15) is 0 Å². The number of benzene rings is 1. The van der Waals surface area contributed by atoms with E-state index in [9.17, 15) is 14.3 Å². The summed E-state index contributed by atoms with van der Waals surface area (Å²) < 4.78 is 13.3. The van der Waals surface area contributed by atoms with Crippen molar-refractivity contribution in [3.05, 3.63) is 29.6 Å². The summed E-state index contributed by atoms with van der Waals surface area (Å²) in [6.07, 6.45) is 0.517. The van der Waals surface area contributed by atoms with Gasteiger partial charge in [0.15, 0.2) is 0 Å². The molecular formula is C14H18FNO2. The summed E-state index contributed by atoms with van der Waals surface area (Å²) in [5.41, 5.74) is 1.13. The number of hydrogen-bond donors (Lipinski definition) is 1. The fourth-order valence-corrected chi connectivity index (χ4v) is 2.61. The van der Waals surface area contributed by atoms with Crippen LogP contribution in [0.3, 0.4) is 0 Å². The molecule has 1 atom stereocenters. The summed E-state index contributed by atoms with van der Waals surface area (Å²) in [5, 5.41) is 9.18. The predicted molar refractivity (Wildman–Crippen MR) is 68.4 cm³/mol. The van der Waals surface area contributed by atoms with Crippen LogP contribution in [0.4, 0.5) is 10.1 Å². The standard InChI is InChI=1S/C14H18FNO2/c1-14(2,13(17)18)7-9-8-16(3)12-5-4-10(15)6-11(9)12/h4-6,9H,7-8H2,1-3H3,(H,17,18). The number of aliphatic carboxylic acids is 1. The molecule has 3 nitrogen and oxygen atoms in total. The van der Waals surface area contributed by atoms with E-state index in [0.29, 0.717) is 6.42 Å². The fraction of sp³-hybridized carbons (Fsp3) is 0.500. The Morgan fingerprint density at radius 3 is 2.83 bits per heavy atom. The molecule has 1 heterocycles. The number of halogens is 1. The summed E-state index contributed by atoms with van der Waals surface area (Å²) in [6, 6.07) is 4.74. The van der Waals surface area contributed by atoms with Crippen LogP contribution in [-0.4, -0.2) is 24.7 Å². The Labute approximate surface area is 106 Å². The molecule has 1 aliphatic rings. The summed E-state index contributed by atoms with van der Waals surface area (Å²) in [5.74, 6) is -0.996. The average molecular weight is 251 g/mol. The number of carboxylic acid groups (broad SMARTS) is 1. The van der Waals surface area contributed by atoms with Crippen molar-refractivity contribution in [3.63, 3.8) is 0 Å². The molecule has 0 saturated heterocycles. The van der Waals surface area contributed by atoms with Crippen LogP contribution in [0.15, 0.2) is 18.2 Å². The van der Waals surface area contributed by atoms with Crippen molar-refractivity contribution in [3.8, 4) is 0 Å². The zero-order chi connectivity index (χ0) is 13.5. The van der Waals surface area contributed by atoms with Crippen LogP contribution in [0.2, 0.25) is 0 Å². The number of fused-ring (bicyclic) bond motifs is 1. The maximum atomic E-state index is 13.3. The summed E-state index contributed by atoms with van der Waals surface area (Å²) >= 11 is 0. The van der Waals surface area contributed by atoms with E-state index in [1.165, 1.54) is 12.1 Å². The zero-order valence-corrected chi connectivity index (χ0v) is 10.9. The van der Waals surface area contributed by atoms with Crippen molar-refractivity contribution in [1.29, 1.82) is 0 Å². The first-order valence-electron chi connectivity index (χ1n) is 6.05. The second kappa shape index (κ2) is 4.26. The molecular weight excluding hydrogens is 233 g/mol. The number of likely N-dealkylation sites (N-methyl/N-ethyl adjacent to an activating group) is 1. The van der Waals surface area contributed by atoms with Crippen molar-refractivity contribution in [2.24, 2.45) is 5.41 Å². The molecule has 18 heavy (non-hydrogen) atoms. The second-order valence-electron chi connectivity index (χ2n) is 5.67. The number of carbonyl (C=O) groups is 1. The molecule has 1 aromatic carbocycles. The van der Waals surface area contributed by atoms with Crippen molar-refractivity contribution >= 4 is 11.7 Å². The first-order valence-corrected chi connectivity index (χ1v) is 6.05. The van der Waals surface area contributed by atoms with Crippen LogP contribution in [-0.2, 0) is 4.79 Å². The lowest BCUT2D eigenvalue weighted by molar-refractivity contribution is -0.147. The molecule has 0 bridgehead atoms. The molecule has 0 amide bonds. The number of rotatable bonds is 3. The lowest BCUT2D eigenvalue weighted by Crippen LogP contribution is -2.27. The van der Waals surface area contributed by atoms with Gasteiger partial charge in [-0.3, -0.25) is 4.79 Å². The van der Waals surface area contributed by atoms with E-state index in [4.69, 9.17) is 0 Å². The molecule has 1 aliphatic heterocycles. The van der Waals surface area contributed by atoms with Crippen LogP contribution in [0, 0.1) is 11.2 Å². The Morgan fingerprint density at radius 2 is 2.22 bits per heavy atom. The Morgan fingerprint density at radius 1 is 1.56 bits per heavy atom. The van der Waals surface area contributed by atoms with Crippen LogP contribution in [0.1, 0.15) is 31.7 Å². The third-order valence-corrected chi connectivity index (χ3v) is 3.67. The van der Waals surface area contributed by atoms with Gasteiger partial charge in [-0.25, -0.2) is 4.39 Å². The summed E-state index contributed by atoms with van der Waals surface area (Å²) in [4.78, 5) is 13.2. The van der Waals surface area contributed by atoms with Gasteiger partial charge in [-0.15, -0.1) is 0 Å². The Hall–Kier alpha value is -1.58. The van der Waals surface area contributed by atoms with Crippen molar-refractivity contribution in [1.82, 2.24) is 0 Å². The minimum Gasteiger partial charge on any atom is -0.481 e. The van der Waals surface area contributed by atoms with Crippen LogP contribution < -0.4 is 4.90 Å². The molecule has 0 radical (unpaired) electrons. The summed E-state index contributed by atoms with van der Waals surface area (Å²) in [6.45, 7) is 4.18. The van der Waals surface area contributed by atoms with Crippen LogP contribution in [0.25, 0.3) is 0 Å². The highest BCUT2D eigenvalue weighted by Gasteiger charge is 2.35. The van der Waals surface area contributed by atoms with E-state index < -0.39 is 11.4 Å². The van der Waals surface area contributed by atoms with Crippen molar-refractivity contribution in [2.45, 2.75) is 26.2 Å². The normalized spacial score (nSPS) is 18.9. The fourth-order valence-electron chi connectivity index (χ4n) is 2.61. The molecule has 1 unspecified atom stereocenters. The molecule has 4 heteroatoms. The van der Waals surface area contributed by atoms with E-state index in [0.717, 1.165) is 17.8 Å². The third-order valence-electron chi connectivity index (χ3n) is 3.67. The predicted octanol–water partition coefficient (Wildman–Crippen LogP) is 2.86. The molecule has 0 spiro atoms. The van der Waals surface area contributed by atoms with Gasteiger partial charge in [0.2, 0.25) is 0 Å². The molecule has 98 valence electrons. The molecule has 0 aromatic heterocycles. The van der Waals surface area contributed by atoms with Gasteiger partial charge in [0.05, 0.1) is 5.41 Å². The molecule has 2 rings (SSSR count). The molecule has 1 aromatic rings. The van der Waals surface area contributed by atoms with Crippen molar-refractivity contribution < 1.29 is 14.3 Å². The van der Waals surface area contributed by atoms with Gasteiger partial charge in [-0.1, -0.05) is 0 Å². The molecule has 0 saturated carbocycles. The van der Waals surface area contributed by atoms with Gasteiger partial charge < -0.3 is 10.0 Å².